The van der Waals surface area contributed by atoms with Gasteiger partial charge in [-0.05, 0) is 37.1 Å². The van der Waals surface area contributed by atoms with Gasteiger partial charge in [0.2, 0.25) is 0 Å². The third-order valence-electron chi connectivity index (χ3n) is 5.92. The molecule has 0 spiro atoms. The van der Waals surface area contributed by atoms with Gasteiger partial charge in [0.15, 0.2) is 0 Å². The van der Waals surface area contributed by atoms with Crippen molar-refractivity contribution in [2.24, 2.45) is 0 Å². The predicted molar refractivity (Wildman–Crippen MR) is 120 cm³/mol. The Labute approximate surface area is 183 Å². The van der Waals surface area contributed by atoms with Crippen LogP contribution < -0.4 is 4.74 Å². The molecular weight excluding hydrogens is 390 g/mol. The molecule has 4 rings (SSSR count). The van der Waals surface area contributed by atoms with E-state index < -0.39 is 0 Å². The van der Waals surface area contributed by atoms with Crippen LogP contribution in [0.2, 0.25) is 0 Å². The van der Waals surface area contributed by atoms with Crippen molar-refractivity contribution in [1.29, 1.82) is 0 Å². The number of carbonyl (C=O) groups excluding carboxylic acids is 2. The van der Waals surface area contributed by atoms with Gasteiger partial charge < -0.3 is 9.64 Å². The van der Waals surface area contributed by atoms with Gasteiger partial charge in [-0.25, -0.2) is 0 Å². The second-order valence-electron chi connectivity index (χ2n) is 8.27. The van der Waals surface area contributed by atoms with E-state index in [0.717, 1.165) is 30.9 Å². The monoisotopic (exact) mass is 419 g/mol. The van der Waals surface area contributed by atoms with Gasteiger partial charge in [0, 0.05) is 38.8 Å². The minimum absolute atomic E-state index is 0.190. The predicted octanol–water partition coefficient (Wildman–Crippen LogP) is 3.00. The lowest BCUT2D eigenvalue weighted by Gasteiger charge is -2.36. The summed E-state index contributed by atoms with van der Waals surface area (Å²) < 4.78 is 5.25. The Balaban J connectivity index is 1.59. The second-order valence-corrected chi connectivity index (χ2v) is 8.27. The first-order chi connectivity index (χ1) is 15.0. The van der Waals surface area contributed by atoms with Crippen molar-refractivity contribution in [3.05, 3.63) is 71.4 Å². The van der Waals surface area contributed by atoms with E-state index in [1.165, 1.54) is 10.5 Å². The van der Waals surface area contributed by atoms with Crippen LogP contribution in [0.5, 0.6) is 5.75 Å². The standard InChI is InChI=1S/C25H29N3O3/c1-18(2)28-24(29)22(20-9-11-21(31-3)12-10-20)23(25(28)30)27-15-13-26(14-16-27)17-19-7-5-4-6-8-19/h4-12,18H,13-17H2,1-3H3. The fourth-order valence-electron chi connectivity index (χ4n) is 4.29. The van der Waals surface area contributed by atoms with Crippen molar-refractivity contribution in [3.8, 4) is 5.75 Å². The maximum absolute atomic E-state index is 13.3. The molecule has 0 atom stereocenters. The van der Waals surface area contributed by atoms with Crippen LogP contribution in [0.4, 0.5) is 0 Å². The highest BCUT2D eigenvalue weighted by molar-refractivity contribution is 6.35. The first kappa shape index (κ1) is 21.1. The highest BCUT2D eigenvalue weighted by atomic mass is 16.5. The maximum atomic E-state index is 13.3. The molecule has 2 heterocycles. The van der Waals surface area contributed by atoms with Crippen LogP contribution in [-0.2, 0) is 16.1 Å². The van der Waals surface area contributed by atoms with Crippen LogP contribution in [-0.4, -0.2) is 65.8 Å². The van der Waals surface area contributed by atoms with Gasteiger partial charge in [-0.2, -0.15) is 0 Å². The molecule has 0 aliphatic carbocycles. The fraction of sp³-hybridized carbons (Fsp3) is 0.360. The Hall–Kier alpha value is -3.12. The summed E-state index contributed by atoms with van der Waals surface area (Å²) in [5, 5.41) is 0. The Morgan fingerprint density at radius 3 is 2.10 bits per heavy atom. The molecule has 2 aliphatic rings. The third-order valence-corrected chi connectivity index (χ3v) is 5.92. The van der Waals surface area contributed by atoms with E-state index in [4.69, 9.17) is 4.74 Å². The zero-order valence-corrected chi connectivity index (χ0v) is 18.4. The molecule has 0 unspecified atom stereocenters. The highest BCUT2D eigenvalue weighted by Gasteiger charge is 2.43. The normalized spacial score (nSPS) is 17.8. The van der Waals surface area contributed by atoms with Gasteiger partial charge in [-0.1, -0.05) is 42.5 Å². The molecule has 0 bridgehead atoms. The summed E-state index contributed by atoms with van der Waals surface area (Å²) in [5.74, 6) is 0.312. The van der Waals surface area contributed by atoms with Crippen molar-refractivity contribution in [2.45, 2.75) is 26.4 Å². The molecular formula is C25H29N3O3. The Morgan fingerprint density at radius 2 is 1.52 bits per heavy atom. The van der Waals surface area contributed by atoms with Gasteiger partial charge in [-0.3, -0.25) is 19.4 Å². The summed E-state index contributed by atoms with van der Waals surface area (Å²) in [5.41, 5.74) is 3.07. The van der Waals surface area contributed by atoms with Crippen molar-refractivity contribution in [2.75, 3.05) is 33.3 Å². The summed E-state index contributed by atoms with van der Waals surface area (Å²) in [4.78, 5) is 32.4. The van der Waals surface area contributed by atoms with Gasteiger partial charge in [0.1, 0.15) is 11.4 Å². The number of hydrogen-bond donors (Lipinski definition) is 0. The fourth-order valence-corrected chi connectivity index (χ4v) is 4.29. The summed E-state index contributed by atoms with van der Waals surface area (Å²) in [6, 6.07) is 17.6. The number of nitrogens with zero attached hydrogens (tertiary/aromatic N) is 3. The number of rotatable bonds is 6. The molecule has 2 aromatic carbocycles. The van der Waals surface area contributed by atoms with Gasteiger partial charge >= 0.3 is 0 Å². The van der Waals surface area contributed by atoms with Crippen molar-refractivity contribution in [1.82, 2.24) is 14.7 Å². The molecule has 0 N–H and O–H groups in total. The maximum Gasteiger partial charge on any atom is 0.278 e. The zero-order chi connectivity index (χ0) is 22.0. The molecule has 0 saturated carbocycles. The first-order valence-electron chi connectivity index (χ1n) is 10.8. The van der Waals surface area contributed by atoms with Crippen molar-refractivity contribution >= 4 is 17.4 Å². The molecule has 2 amide bonds. The largest absolute Gasteiger partial charge is 0.497 e. The molecule has 2 aliphatic heterocycles. The number of imide groups is 1. The quantitative estimate of drug-likeness (QED) is 0.674. The molecule has 1 saturated heterocycles. The van der Waals surface area contributed by atoms with E-state index in [9.17, 15) is 9.59 Å². The number of hydrogen-bond acceptors (Lipinski definition) is 5. The molecule has 6 nitrogen and oxygen atoms in total. The average Bonchev–Trinajstić information content (AvgIpc) is 3.05. The topological polar surface area (TPSA) is 53.1 Å². The lowest BCUT2D eigenvalue weighted by molar-refractivity contribution is -0.139. The highest BCUT2D eigenvalue weighted by Crippen LogP contribution is 2.34. The van der Waals surface area contributed by atoms with Crippen LogP contribution in [0.15, 0.2) is 60.3 Å². The van der Waals surface area contributed by atoms with E-state index in [2.05, 4.69) is 34.1 Å². The summed E-state index contributed by atoms with van der Waals surface area (Å²) in [7, 11) is 1.61. The van der Waals surface area contributed by atoms with Crippen LogP contribution in [0.3, 0.4) is 0 Å². The smallest absolute Gasteiger partial charge is 0.278 e. The number of benzene rings is 2. The van der Waals surface area contributed by atoms with Gasteiger partial charge in [-0.15, -0.1) is 0 Å². The summed E-state index contributed by atoms with van der Waals surface area (Å²) >= 11 is 0. The molecule has 162 valence electrons. The number of amides is 2. The van der Waals surface area contributed by atoms with E-state index in [0.29, 0.717) is 24.4 Å². The van der Waals surface area contributed by atoms with Crippen molar-refractivity contribution < 1.29 is 14.3 Å². The number of ether oxygens (including phenoxy) is 1. The van der Waals surface area contributed by atoms with Crippen LogP contribution in [0.1, 0.15) is 25.0 Å². The Bertz CT molecular complexity index is 975. The summed E-state index contributed by atoms with van der Waals surface area (Å²) in [6.07, 6.45) is 0. The third kappa shape index (κ3) is 4.21. The molecule has 0 radical (unpaired) electrons. The molecule has 2 aromatic rings. The number of piperazine rings is 1. The SMILES string of the molecule is COc1ccc(C2=C(N3CCN(Cc4ccccc4)CC3)C(=O)N(C(C)C)C2=O)cc1. The lowest BCUT2D eigenvalue weighted by Crippen LogP contribution is -2.47. The molecule has 6 heteroatoms. The molecule has 1 fully saturated rings. The lowest BCUT2D eigenvalue weighted by atomic mass is 10.0. The van der Waals surface area contributed by atoms with E-state index in [-0.39, 0.29) is 17.9 Å². The zero-order valence-electron chi connectivity index (χ0n) is 18.4. The first-order valence-corrected chi connectivity index (χ1v) is 10.8. The van der Waals surface area contributed by atoms with E-state index in [1.807, 2.05) is 44.2 Å². The van der Waals surface area contributed by atoms with Crippen LogP contribution >= 0.6 is 0 Å². The number of carbonyl (C=O) groups is 2. The van der Waals surface area contributed by atoms with Crippen LogP contribution in [0.25, 0.3) is 5.57 Å². The minimum atomic E-state index is -0.216. The van der Waals surface area contributed by atoms with E-state index in [1.54, 1.807) is 7.11 Å². The Morgan fingerprint density at radius 1 is 0.871 bits per heavy atom. The average molecular weight is 420 g/mol. The second kappa shape index (κ2) is 8.94. The molecule has 0 aromatic heterocycles. The summed E-state index contributed by atoms with van der Waals surface area (Å²) in [6.45, 7) is 7.77. The van der Waals surface area contributed by atoms with E-state index >= 15 is 0 Å². The minimum Gasteiger partial charge on any atom is -0.497 e. The Kier molecular flexibility index (Phi) is 6.09. The van der Waals surface area contributed by atoms with Gasteiger partial charge in [0.05, 0.1) is 12.7 Å². The van der Waals surface area contributed by atoms with Crippen molar-refractivity contribution in [3.63, 3.8) is 0 Å². The number of methoxy groups -OCH3 is 1. The van der Waals surface area contributed by atoms with Gasteiger partial charge in [0.25, 0.3) is 11.8 Å². The molecule has 31 heavy (non-hydrogen) atoms. The van der Waals surface area contributed by atoms with Crippen LogP contribution in [0, 0.1) is 0 Å².